The Morgan fingerprint density at radius 2 is 1.67 bits per heavy atom. The minimum atomic E-state index is -0.161. The largest absolute Gasteiger partial charge is 0.494 e. The van der Waals surface area contributed by atoms with Crippen LogP contribution in [0.15, 0.2) is 48.5 Å². The van der Waals surface area contributed by atoms with Gasteiger partial charge in [-0.3, -0.25) is 0 Å². The molecular weight excluding hydrogens is 262 g/mol. The second-order valence-electron chi connectivity index (χ2n) is 4.90. The Kier molecular flexibility index (Phi) is 5.64. The second kappa shape index (κ2) is 7.70. The van der Waals surface area contributed by atoms with Gasteiger partial charge in [-0.05, 0) is 48.7 Å². The highest BCUT2D eigenvalue weighted by molar-refractivity contribution is 5.38. The molecule has 2 rings (SSSR count). The lowest BCUT2D eigenvalue weighted by Gasteiger charge is -2.14. The molecule has 112 valence electrons. The molecule has 0 aliphatic heterocycles. The molecule has 0 aliphatic carbocycles. The Balaban J connectivity index is 2.11. The van der Waals surface area contributed by atoms with Crippen LogP contribution < -0.4 is 15.2 Å². The van der Waals surface area contributed by atoms with Gasteiger partial charge in [-0.1, -0.05) is 31.2 Å². The summed E-state index contributed by atoms with van der Waals surface area (Å²) in [6, 6.07) is 15.7. The summed E-state index contributed by atoms with van der Waals surface area (Å²) in [6.07, 6.45) is 1.01. The first-order valence-corrected chi connectivity index (χ1v) is 7.45. The second-order valence-corrected chi connectivity index (χ2v) is 4.90. The molecule has 2 aromatic rings. The third-order valence-corrected chi connectivity index (χ3v) is 3.24. The fraction of sp³-hybridized carbons (Fsp3) is 0.333. The van der Waals surface area contributed by atoms with E-state index in [1.54, 1.807) is 0 Å². The monoisotopic (exact) mass is 285 g/mol. The Labute approximate surface area is 126 Å². The highest BCUT2D eigenvalue weighted by atomic mass is 16.5. The third-order valence-electron chi connectivity index (χ3n) is 3.24. The van der Waals surface area contributed by atoms with Crippen molar-refractivity contribution in [2.75, 3.05) is 13.2 Å². The quantitative estimate of drug-likeness (QED) is 0.838. The maximum absolute atomic E-state index is 6.34. The van der Waals surface area contributed by atoms with Gasteiger partial charge >= 0.3 is 0 Å². The molecule has 0 saturated carbocycles. The Morgan fingerprint density at radius 3 is 2.33 bits per heavy atom. The van der Waals surface area contributed by atoms with Crippen LogP contribution in [0.5, 0.6) is 11.5 Å². The standard InChI is InChI=1S/C18H23NO2/c1-3-12-21-16-10-8-14(9-11-16)18(19)15-6-5-7-17(13-15)20-4-2/h5-11,13,18H,3-4,12,19H2,1-2H3. The normalized spacial score (nSPS) is 12.0. The summed E-state index contributed by atoms with van der Waals surface area (Å²) in [6.45, 7) is 5.46. The summed E-state index contributed by atoms with van der Waals surface area (Å²) in [5.41, 5.74) is 8.44. The molecule has 0 radical (unpaired) electrons. The Bertz CT molecular complexity index is 551. The highest BCUT2D eigenvalue weighted by Gasteiger charge is 2.10. The molecule has 3 nitrogen and oxygen atoms in total. The van der Waals surface area contributed by atoms with Gasteiger partial charge in [0.25, 0.3) is 0 Å². The van der Waals surface area contributed by atoms with Crippen molar-refractivity contribution < 1.29 is 9.47 Å². The molecule has 1 atom stereocenters. The van der Waals surface area contributed by atoms with E-state index in [0.29, 0.717) is 6.61 Å². The summed E-state index contributed by atoms with van der Waals surface area (Å²) in [5.74, 6) is 1.74. The fourth-order valence-electron chi connectivity index (χ4n) is 2.15. The van der Waals surface area contributed by atoms with E-state index >= 15 is 0 Å². The van der Waals surface area contributed by atoms with Crippen LogP contribution in [0, 0.1) is 0 Å². The van der Waals surface area contributed by atoms with Gasteiger partial charge < -0.3 is 15.2 Å². The topological polar surface area (TPSA) is 44.5 Å². The van der Waals surface area contributed by atoms with Crippen LogP contribution in [-0.2, 0) is 0 Å². The van der Waals surface area contributed by atoms with Crippen molar-refractivity contribution in [2.24, 2.45) is 5.73 Å². The molecule has 0 bridgehead atoms. The first-order chi connectivity index (χ1) is 10.2. The highest BCUT2D eigenvalue weighted by Crippen LogP contribution is 2.25. The Hall–Kier alpha value is -2.00. The number of benzene rings is 2. The molecule has 21 heavy (non-hydrogen) atoms. The average Bonchev–Trinajstić information content (AvgIpc) is 2.53. The van der Waals surface area contributed by atoms with Crippen molar-refractivity contribution in [3.05, 3.63) is 59.7 Å². The zero-order valence-corrected chi connectivity index (χ0v) is 12.7. The molecule has 3 heteroatoms. The summed E-state index contributed by atoms with van der Waals surface area (Å²) in [4.78, 5) is 0. The van der Waals surface area contributed by atoms with Crippen LogP contribution in [0.3, 0.4) is 0 Å². The molecule has 0 saturated heterocycles. The van der Waals surface area contributed by atoms with E-state index in [0.717, 1.165) is 35.7 Å². The molecule has 0 heterocycles. The van der Waals surface area contributed by atoms with Gasteiger partial charge in [0.1, 0.15) is 11.5 Å². The first kappa shape index (κ1) is 15.4. The molecule has 0 spiro atoms. The predicted molar refractivity (Wildman–Crippen MR) is 85.9 cm³/mol. The van der Waals surface area contributed by atoms with Gasteiger partial charge in [0.15, 0.2) is 0 Å². The van der Waals surface area contributed by atoms with E-state index in [1.807, 2.05) is 55.5 Å². The Morgan fingerprint density at radius 1 is 0.905 bits per heavy atom. The zero-order valence-electron chi connectivity index (χ0n) is 12.7. The van der Waals surface area contributed by atoms with Crippen molar-refractivity contribution in [3.63, 3.8) is 0 Å². The van der Waals surface area contributed by atoms with Crippen LogP contribution >= 0.6 is 0 Å². The number of ether oxygens (including phenoxy) is 2. The fourth-order valence-corrected chi connectivity index (χ4v) is 2.15. The number of hydrogen-bond donors (Lipinski definition) is 1. The van der Waals surface area contributed by atoms with Gasteiger partial charge in [-0.2, -0.15) is 0 Å². The first-order valence-electron chi connectivity index (χ1n) is 7.45. The predicted octanol–water partition coefficient (Wildman–Crippen LogP) is 3.92. The lowest BCUT2D eigenvalue weighted by Crippen LogP contribution is -2.12. The summed E-state index contributed by atoms with van der Waals surface area (Å²) >= 11 is 0. The lowest BCUT2D eigenvalue weighted by molar-refractivity contribution is 0.317. The molecule has 0 fully saturated rings. The minimum Gasteiger partial charge on any atom is -0.494 e. The van der Waals surface area contributed by atoms with Crippen LogP contribution in [0.25, 0.3) is 0 Å². The van der Waals surface area contributed by atoms with Crippen molar-refractivity contribution in [1.82, 2.24) is 0 Å². The zero-order chi connectivity index (χ0) is 15.1. The number of nitrogens with two attached hydrogens (primary N) is 1. The van der Waals surface area contributed by atoms with Crippen LogP contribution in [-0.4, -0.2) is 13.2 Å². The lowest BCUT2D eigenvalue weighted by atomic mass is 9.99. The van der Waals surface area contributed by atoms with Crippen LogP contribution in [0.1, 0.15) is 37.4 Å². The van der Waals surface area contributed by atoms with E-state index in [4.69, 9.17) is 15.2 Å². The summed E-state index contributed by atoms with van der Waals surface area (Å²) in [5, 5.41) is 0. The van der Waals surface area contributed by atoms with Gasteiger partial charge in [-0.25, -0.2) is 0 Å². The van der Waals surface area contributed by atoms with Gasteiger partial charge in [-0.15, -0.1) is 0 Å². The van der Waals surface area contributed by atoms with Crippen molar-refractivity contribution in [1.29, 1.82) is 0 Å². The maximum Gasteiger partial charge on any atom is 0.119 e. The van der Waals surface area contributed by atoms with Gasteiger partial charge in [0.2, 0.25) is 0 Å². The molecule has 1 unspecified atom stereocenters. The summed E-state index contributed by atoms with van der Waals surface area (Å²) < 4.78 is 11.1. The van der Waals surface area contributed by atoms with Crippen LogP contribution in [0.4, 0.5) is 0 Å². The van der Waals surface area contributed by atoms with Crippen molar-refractivity contribution in [3.8, 4) is 11.5 Å². The maximum atomic E-state index is 6.34. The van der Waals surface area contributed by atoms with E-state index in [1.165, 1.54) is 0 Å². The van der Waals surface area contributed by atoms with E-state index in [2.05, 4.69) is 6.92 Å². The molecule has 0 aromatic heterocycles. The molecular formula is C18H23NO2. The molecule has 2 aromatic carbocycles. The molecule has 0 aliphatic rings. The average molecular weight is 285 g/mol. The molecule has 0 amide bonds. The number of hydrogen-bond acceptors (Lipinski definition) is 3. The minimum absolute atomic E-state index is 0.161. The van der Waals surface area contributed by atoms with E-state index in [9.17, 15) is 0 Å². The SMILES string of the molecule is CCCOc1ccc(C(N)c2cccc(OCC)c2)cc1. The van der Waals surface area contributed by atoms with E-state index in [-0.39, 0.29) is 6.04 Å². The number of rotatable bonds is 7. The smallest absolute Gasteiger partial charge is 0.119 e. The van der Waals surface area contributed by atoms with Crippen LogP contribution in [0.2, 0.25) is 0 Å². The van der Waals surface area contributed by atoms with Crippen molar-refractivity contribution in [2.45, 2.75) is 26.3 Å². The molecule has 2 N–H and O–H groups in total. The van der Waals surface area contributed by atoms with Gasteiger partial charge in [0.05, 0.1) is 19.3 Å². The summed E-state index contributed by atoms with van der Waals surface area (Å²) in [7, 11) is 0. The van der Waals surface area contributed by atoms with E-state index < -0.39 is 0 Å². The third kappa shape index (κ3) is 4.23. The van der Waals surface area contributed by atoms with Gasteiger partial charge in [0, 0.05) is 0 Å². The van der Waals surface area contributed by atoms with Crippen molar-refractivity contribution >= 4 is 0 Å².